The van der Waals surface area contributed by atoms with Crippen LogP contribution in [0.1, 0.15) is 43.3 Å². The Kier molecular flexibility index (Phi) is 7.58. The zero-order valence-corrected chi connectivity index (χ0v) is 25.0. The quantitative estimate of drug-likeness (QED) is 0.244. The summed E-state index contributed by atoms with van der Waals surface area (Å²) < 4.78 is 41.9. The van der Waals surface area contributed by atoms with Crippen molar-refractivity contribution in [3.63, 3.8) is 0 Å². The standard InChI is InChI=1S/C31H29F2N5O5S/c1-31(2,3)43-30(41)37-13-7-8-17(16-37)35-27(39)26-24-23-22(11-12-34-28(23)44-26)38(29(40)36-24)25-20(32)14-19(15-21(25)33)42-18-9-5-4-6-10-18/h4-6,9-12,14-15,17H,7-8,13,16H2,1-3H3,(H,35,39)(H,36,40). The maximum Gasteiger partial charge on any atom is 0.410 e. The van der Waals surface area contributed by atoms with Crippen molar-refractivity contribution < 1.29 is 32.6 Å². The number of urea groups is 1. The minimum absolute atomic E-state index is 0.0737. The van der Waals surface area contributed by atoms with E-state index < -0.39 is 41.0 Å². The monoisotopic (exact) mass is 621 g/mol. The summed E-state index contributed by atoms with van der Waals surface area (Å²) in [6, 6.07) is 10.8. The molecule has 4 amide bonds. The summed E-state index contributed by atoms with van der Waals surface area (Å²) in [7, 11) is 0. The van der Waals surface area contributed by atoms with E-state index >= 15 is 8.78 Å². The number of nitrogens with zero attached hydrogens (tertiary/aromatic N) is 3. The molecule has 1 saturated heterocycles. The second kappa shape index (κ2) is 11.4. The highest BCUT2D eigenvalue weighted by atomic mass is 32.1. The molecule has 4 aromatic rings. The summed E-state index contributed by atoms with van der Waals surface area (Å²) >= 11 is 1.05. The molecule has 0 aliphatic carbocycles. The topological polar surface area (TPSA) is 113 Å². The predicted molar refractivity (Wildman–Crippen MR) is 162 cm³/mol. The number of aromatic nitrogens is 1. The van der Waals surface area contributed by atoms with Gasteiger partial charge in [-0.05, 0) is 51.8 Å². The molecule has 2 aromatic carbocycles. The van der Waals surface area contributed by atoms with Crippen LogP contribution in [0.4, 0.5) is 35.4 Å². The first-order valence-electron chi connectivity index (χ1n) is 14.0. The van der Waals surface area contributed by atoms with E-state index in [0.29, 0.717) is 35.4 Å². The molecule has 0 radical (unpaired) electrons. The molecule has 4 heterocycles. The van der Waals surface area contributed by atoms with Gasteiger partial charge in [-0.2, -0.15) is 0 Å². The van der Waals surface area contributed by atoms with Gasteiger partial charge in [0.05, 0.1) is 16.8 Å². The van der Waals surface area contributed by atoms with Gasteiger partial charge in [-0.1, -0.05) is 18.2 Å². The van der Waals surface area contributed by atoms with Gasteiger partial charge in [-0.3, -0.25) is 9.69 Å². The van der Waals surface area contributed by atoms with Crippen LogP contribution in [0.3, 0.4) is 0 Å². The normalized spacial score (nSPS) is 16.5. The fourth-order valence-corrected chi connectivity index (χ4v) is 6.27. The van der Waals surface area contributed by atoms with Gasteiger partial charge in [0.15, 0.2) is 11.6 Å². The number of amides is 4. The highest BCUT2D eigenvalue weighted by molar-refractivity contribution is 7.21. The second-order valence-electron chi connectivity index (χ2n) is 11.5. The Morgan fingerprint density at radius 2 is 1.82 bits per heavy atom. The van der Waals surface area contributed by atoms with E-state index in [0.717, 1.165) is 28.4 Å². The largest absolute Gasteiger partial charge is 0.457 e. The number of piperidine rings is 1. The van der Waals surface area contributed by atoms with Crippen LogP contribution in [0.15, 0.2) is 54.7 Å². The number of rotatable bonds is 5. The number of anilines is 3. The summed E-state index contributed by atoms with van der Waals surface area (Å²) in [5, 5.41) is 5.99. The van der Waals surface area contributed by atoms with Crippen molar-refractivity contribution in [3.8, 4) is 11.5 Å². The van der Waals surface area contributed by atoms with Crippen LogP contribution >= 0.6 is 11.3 Å². The Balaban J connectivity index is 1.27. The van der Waals surface area contributed by atoms with E-state index in [-0.39, 0.29) is 34.6 Å². The highest BCUT2D eigenvalue weighted by Gasteiger charge is 2.36. The predicted octanol–water partition coefficient (Wildman–Crippen LogP) is 7.18. The molecule has 10 nitrogen and oxygen atoms in total. The summed E-state index contributed by atoms with van der Waals surface area (Å²) in [6.07, 6.45) is 2.28. The third-order valence-corrected chi connectivity index (χ3v) is 8.15. The van der Waals surface area contributed by atoms with Crippen molar-refractivity contribution in [2.24, 2.45) is 0 Å². The maximum atomic E-state index is 15.4. The van der Waals surface area contributed by atoms with Crippen molar-refractivity contribution in [1.82, 2.24) is 15.2 Å². The van der Waals surface area contributed by atoms with E-state index in [2.05, 4.69) is 15.6 Å². The first kappa shape index (κ1) is 29.3. The Morgan fingerprint density at radius 1 is 1.09 bits per heavy atom. The minimum atomic E-state index is -1.01. The number of para-hydroxylation sites is 1. The van der Waals surface area contributed by atoms with Crippen molar-refractivity contribution in [1.29, 1.82) is 0 Å². The molecule has 0 saturated carbocycles. The number of benzene rings is 2. The summed E-state index contributed by atoms with van der Waals surface area (Å²) in [4.78, 5) is 46.9. The highest BCUT2D eigenvalue weighted by Crippen LogP contribution is 2.47. The average molecular weight is 622 g/mol. The van der Waals surface area contributed by atoms with Gasteiger partial charge in [0, 0.05) is 37.5 Å². The van der Waals surface area contributed by atoms with Gasteiger partial charge in [-0.25, -0.2) is 23.4 Å². The van der Waals surface area contributed by atoms with Crippen LogP contribution in [0, 0.1) is 11.6 Å². The number of halogens is 2. The van der Waals surface area contributed by atoms with Crippen LogP contribution < -0.4 is 20.3 Å². The van der Waals surface area contributed by atoms with Gasteiger partial charge in [0.1, 0.15) is 32.5 Å². The molecular formula is C31H29F2N5O5S. The number of ether oxygens (including phenoxy) is 2. The van der Waals surface area contributed by atoms with Crippen LogP contribution in [-0.4, -0.2) is 52.6 Å². The molecule has 13 heteroatoms. The van der Waals surface area contributed by atoms with Crippen molar-refractivity contribution >= 4 is 56.6 Å². The molecule has 1 fully saturated rings. The van der Waals surface area contributed by atoms with Gasteiger partial charge in [0.25, 0.3) is 5.91 Å². The number of likely N-dealkylation sites (tertiary alicyclic amines) is 1. The van der Waals surface area contributed by atoms with Crippen LogP contribution in [0.25, 0.3) is 10.2 Å². The second-order valence-corrected chi connectivity index (χ2v) is 12.5. The molecule has 6 rings (SSSR count). The summed E-state index contributed by atoms with van der Waals surface area (Å²) in [5.74, 6) is -2.17. The van der Waals surface area contributed by atoms with Crippen LogP contribution in [0.2, 0.25) is 0 Å². The van der Waals surface area contributed by atoms with E-state index in [1.54, 1.807) is 56.0 Å². The number of pyridine rings is 1. The van der Waals surface area contributed by atoms with Gasteiger partial charge < -0.3 is 25.0 Å². The molecule has 0 bridgehead atoms. The maximum absolute atomic E-state index is 15.4. The molecule has 2 N–H and O–H groups in total. The molecule has 228 valence electrons. The number of carbonyl (C=O) groups is 3. The first-order chi connectivity index (χ1) is 21.0. The molecular weight excluding hydrogens is 592 g/mol. The zero-order chi connectivity index (χ0) is 31.2. The lowest BCUT2D eigenvalue weighted by Gasteiger charge is -2.34. The third kappa shape index (κ3) is 5.74. The van der Waals surface area contributed by atoms with Crippen molar-refractivity contribution in [2.75, 3.05) is 23.3 Å². The molecule has 0 spiro atoms. The fraction of sp³-hybridized carbons (Fsp3) is 0.290. The van der Waals surface area contributed by atoms with E-state index in [1.165, 1.54) is 12.3 Å². The van der Waals surface area contributed by atoms with Gasteiger partial charge in [-0.15, -0.1) is 11.3 Å². The molecule has 2 aliphatic heterocycles. The van der Waals surface area contributed by atoms with E-state index in [4.69, 9.17) is 9.47 Å². The van der Waals surface area contributed by atoms with Crippen molar-refractivity contribution in [2.45, 2.75) is 45.3 Å². The fourth-order valence-electron chi connectivity index (χ4n) is 5.24. The Hall–Kier alpha value is -4.78. The lowest BCUT2D eigenvalue weighted by molar-refractivity contribution is 0.0185. The molecule has 2 aromatic heterocycles. The van der Waals surface area contributed by atoms with Gasteiger partial charge in [0.2, 0.25) is 0 Å². The molecule has 1 unspecified atom stereocenters. The summed E-state index contributed by atoms with van der Waals surface area (Å²) in [6.45, 7) is 6.15. The van der Waals surface area contributed by atoms with Crippen LogP contribution in [0.5, 0.6) is 11.5 Å². The van der Waals surface area contributed by atoms with Crippen LogP contribution in [-0.2, 0) is 4.74 Å². The van der Waals surface area contributed by atoms with E-state index in [9.17, 15) is 14.4 Å². The average Bonchev–Trinajstić information content (AvgIpc) is 3.33. The molecule has 1 atom stereocenters. The third-order valence-electron chi connectivity index (χ3n) is 7.05. The zero-order valence-electron chi connectivity index (χ0n) is 24.1. The smallest absolute Gasteiger partial charge is 0.410 e. The number of carbonyl (C=O) groups excluding carboxylic acids is 3. The molecule has 2 aliphatic rings. The minimum Gasteiger partial charge on any atom is -0.457 e. The van der Waals surface area contributed by atoms with Gasteiger partial charge >= 0.3 is 12.1 Å². The number of hydrogen-bond donors (Lipinski definition) is 2. The number of thiophene rings is 1. The molecule has 44 heavy (non-hydrogen) atoms. The Labute approximate surface area is 255 Å². The van der Waals surface area contributed by atoms with E-state index in [1.807, 2.05) is 0 Å². The SMILES string of the molecule is CC(C)(C)OC(=O)N1CCCC(NC(=O)c2sc3nccc4c3c2NC(=O)N4c2c(F)cc(Oc3ccccc3)cc2F)C1. The van der Waals surface area contributed by atoms with Crippen molar-refractivity contribution in [3.05, 3.63) is 71.2 Å². The number of nitrogens with one attached hydrogen (secondary N) is 2. The Morgan fingerprint density at radius 3 is 2.52 bits per heavy atom. The summed E-state index contributed by atoms with van der Waals surface area (Å²) in [5.41, 5.74) is -0.861. The first-order valence-corrected chi connectivity index (χ1v) is 14.8. The lowest BCUT2D eigenvalue weighted by Crippen LogP contribution is -2.50. The Bertz CT molecular complexity index is 1750. The number of hydrogen-bond acceptors (Lipinski definition) is 7. The lowest BCUT2D eigenvalue weighted by atomic mass is 10.1.